The molecule has 8 nitrogen and oxygen atoms in total. The molecule has 0 unspecified atom stereocenters. The summed E-state index contributed by atoms with van der Waals surface area (Å²) in [7, 11) is 0. The Bertz CT molecular complexity index is 909. The predicted molar refractivity (Wildman–Crippen MR) is 92.9 cm³/mol. The van der Waals surface area contributed by atoms with Crippen LogP contribution in [0.5, 0.6) is 0 Å². The second-order valence-corrected chi connectivity index (χ2v) is 5.86. The Balaban J connectivity index is 1.61. The van der Waals surface area contributed by atoms with Gasteiger partial charge in [-0.15, -0.1) is 5.10 Å². The number of nitrogen functional groups attached to an aromatic ring is 1. The summed E-state index contributed by atoms with van der Waals surface area (Å²) < 4.78 is 1.62. The molecular formula is C16H16ClN7O. The summed E-state index contributed by atoms with van der Waals surface area (Å²) in [6.07, 6.45) is 3.40. The van der Waals surface area contributed by atoms with Gasteiger partial charge in [-0.05, 0) is 25.1 Å². The molecule has 0 saturated heterocycles. The molecule has 0 saturated carbocycles. The Morgan fingerprint density at radius 1 is 1.40 bits per heavy atom. The average Bonchev–Trinajstić information content (AvgIpc) is 3.03. The van der Waals surface area contributed by atoms with E-state index in [-0.39, 0.29) is 12.5 Å². The predicted octanol–water partition coefficient (Wildman–Crippen LogP) is 1.59. The quantitative estimate of drug-likeness (QED) is 0.717. The van der Waals surface area contributed by atoms with E-state index < -0.39 is 0 Å². The fourth-order valence-electron chi connectivity index (χ4n) is 2.21. The number of halogens is 1. The van der Waals surface area contributed by atoms with E-state index in [0.717, 1.165) is 5.56 Å². The molecule has 0 atom stereocenters. The third-order valence-corrected chi connectivity index (χ3v) is 3.69. The number of nitrogens with one attached hydrogen (secondary N) is 1. The van der Waals surface area contributed by atoms with Crippen LogP contribution in [0.25, 0.3) is 0 Å². The molecule has 2 heterocycles. The monoisotopic (exact) mass is 357 g/mol. The lowest BCUT2D eigenvalue weighted by Crippen LogP contribution is -2.22. The maximum atomic E-state index is 12.1. The zero-order valence-corrected chi connectivity index (χ0v) is 14.2. The van der Waals surface area contributed by atoms with Gasteiger partial charge < -0.3 is 11.1 Å². The SMILES string of the molecule is Cc1ncc(Cn2cc(CNC(=O)c3cccc(Cl)c3)nn2)c(N)n1. The van der Waals surface area contributed by atoms with E-state index >= 15 is 0 Å². The van der Waals surface area contributed by atoms with Gasteiger partial charge in [0.25, 0.3) is 5.91 Å². The van der Waals surface area contributed by atoms with Crippen LogP contribution < -0.4 is 11.1 Å². The molecular weight excluding hydrogens is 342 g/mol. The summed E-state index contributed by atoms with van der Waals surface area (Å²) in [6.45, 7) is 2.43. The number of amides is 1. The zero-order valence-electron chi connectivity index (χ0n) is 13.5. The largest absolute Gasteiger partial charge is 0.383 e. The lowest BCUT2D eigenvalue weighted by Gasteiger charge is -2.04. The Morgan fingerprint density at radius 2 is 2.24 bits per heavy atom. The molecule has 25 heavy (non-hydrogen) atoms. The van der Waals surface area contributed by atoms with Crippen LogP contribution in [-0.2, 0) is 13.1 Å². The van der Waals surface area contributed by atoms with Gasteiger partial charge in [0.1, 0.15) is 17.3 Å². The Kier molecular flexibility index (Phi) is 4.90. The highest BCUT2D eigenvalue weighted by molar-refractivity contribution is 6.30. The van der Waals surface area contributed by atoms with Crippen molar-refractivity contribution >= 4 is 23.3 Å². The van der Waals surface area contributed by atoms with Gasteiger partial charge in [-0.3, -0.25) is 4.79 Å². The minimum atomic E-state index is -0.228. The van der Waals surface area contributed by atoms with E-state index in [0.29, 0.717) is 34.5 Å². The van der Waals surface area contributed by atoms with Gasteiger partial charge in [0.2, 0.25) is 0 Å². The van der Waals surface area contributed by atoms with Crippen LogP contribution in [0.2, 0.25) is 5.02 Å². The van der Waals surface area contributed by atoms with Crippen molar-refractivity contribution in [2.45, 2.75) is 20.0 Å². The van der Waals surface area contributed by atoms with E-state index in [4.69, 9.17) is 17.3 Å². The summed E-state index contributed by atoms with van der Waals surface area (Å²) in [5, 5.41) is 11.3. The molecule has 2 aromatic heterocycles. The zero-order chi connectivity index (χ0) is 17.8. The highest BCUT2D eigenvalue weighted by Crippen LogP contribution is 2.11. The Labute approximate surface area is 149 Å². The van der Waals surface area contributed by atoms with Crippen LogP contribution in [0.3, 0.4) is 0 Å². The van der Waals surface area contributed by atoms with Crippen LogP contribution in [0.1, 0.15) is 27.4 Å². The molecule has 0 fully saturated rings. The van der Waals surface area contributed by atoms with Crippen molar-refractivity contribution in [2.75, 3.05) is 5.73 Å². The molecule has 128 valence electrons. The standard InChI is InChI=1S/C16H16ClN7O/c1-10-19-6-12(15(18)21-10)8-24-9-14(22-23-24)7-20-16(25)11-3-2-4-13(17)5-11/h2-6,9H,7-8H2,1H3,(H,20,25)(H2,18,19,21). The number of hydrogen-bond acceptors (Lipinski definition) is 6. The van der Waals surface area contributed by atoms with E-state index in [1.807, 2.05) is 0 Å². The number of nitrogens with two attached hydrogens (primary N) is 1. The van der Waals surface area contributed by atoms with Crippen LogP contribution >= 0.6 is 11.6 Å². The van der Waals surface area contributed by atoms with Crippen molar-refractivity contribution in [3.8, 4) is 0 Å². The van der Waals surface area contributed by atoms with Gasteiger partial charge in [-0.1, -0.05) is 22.9 Å². The Hall–Kier alpha value is -3.00. The number of benzene rings is 1. The minimum Gasteiger partial charge on any atom is -0.383 e. The normalized spacial score (nSPS) is 10.6. The first-order valence-corrected chi connectivity index (χ1v) is 7.90. The van der Waals surface area contributed by atoms with Crippen molar-refractivity contribution in [1.29, 1.82) is 0 Å². The van der Waals surface area contributed by atoms with E-state index in [9.17, 15) is 4.79 Å². The number of anilines is 1. The number of nitrogens with zero attached hydrogens (tertiary/aromatic N) is 5. The summed E-state index contributed by atoms with van der Waals surface area (Å²) in [4.78, 5) is 20.3. The Morgan fingerprint density at radius 3 is 3.00 bits per heavy atom. The third-order valence-electron chi connectivity index (χ3n) is 3.45. The number of carbonyl (C=O) groups excluding carboxylic acids is 1. The number of rotatable bonds is 5. The lowest BCUT2D eigenvalue weighted by atomic mass is 10.2. The van der Waals surface area contributed by atoms with Crippen LogP contribution in [0.15, 0.2) is 36.7 Å². The highest BCUT2D eigenvalue weighted by Gasteiger charge is 2.09. The van der Waals surface area contributed by atoms with Crippen molar-refractivity contribution in [1.82, 2.24) is 30.3 Å². The molecule has 1 amide bonds. The van der Waals surface area contributed by atoms with E-state index in [1.165, 1.54) is 0 Å². The summed E-state index contributed by atoms with van der Waals surface area (Å²) >= 11 is 5.88. The first-order valence-electron chi connectivity index (χ1n) is 7.52. The van der Waals surface area contributed by atoms with Crippen LogP contribution in [-0.4, -0.2) is 30.9 Å². The average molecular weight is 358 g/mol. The van der Waals surface area contributed by atoms with Crippen LogP contribution in [0.4, 0.5) is 5.82 Å². The van der Waals surface area contributed by atoms with Gasteiger partial charge in [0.05, 0.1) is 19.3 Å². The molecule has 0 spiro atoms. The second-order valence-electron chi connectivity index (χ2n) is 5.43. The fraction of sp³-hybridized carbons (Fsp3) is 0.188. The fourth-order valence-corrected chi connectivity index (χ4v) is 2.40. The number of aromatic nitrogens is 5. The smallest absolute Gasteiger partial charge is 0.251 e. The number of hydrogen-bond donors (Lipinski definition) is 2. The summed E-state index contributed by atoms with van der Waals surface area (Å²) in [6, 6.07) is 6.73. The molecule has 0 radical (unpaired) electrons. The number of aryl methyl sites for hydroxylation is 1. The first kappa shape index (κ1) is 16.8. The van der Waals surface area contributed by atoms with Gasteiger partial charge in [-0.2, -0.15) is 0 Å². The van der Waals surface area contributed by atoms with E-state index in [2.05, 4.69) is 25.6 Å². The first-order chi connectivity index (χ1) is 12.0. The minimum absolute atomic E-state index is 0.228. The summed E-state index contributed by atoms with van der Waals surface area (Å²) in [5.74, 6) is 0.802. The van der Waals surface area contributed by atoms with Gasteiger partial charge in [-0.25, -0.2) is 14.6 Å². The topological polar surface area (TPSA) is 112 Å². The molecule has 9 heteroatoms. The van der Waals surface area contributed by atoms with E-state index in [1.54, 1.807) is 48.3 Å². The second kappa shape index (κ2) is 7.27. The molecule has 3 rings (SSSR count). The van der Waals surface area contributed by atoms with Crippen molar-refractivity contribution in [3.05, 3.63) is 64.3 Å². The lowest BCUT2D eigenvalue weighted by molar-refractivity contribution is 0.0950. The van der Waals surface area contributed by atoms with Gasteiger partial charge in [0, 0.05) is 22.3 Å². The van der Waals surface area contributed by atoms with Crippen molar-refractivity contribution < 1.29 is 4.79 Å². The molecule has 0 aliphatic rings. The number of carbonyl (C=O) groups is 1. The summed E-state index contributed by atoms with van der Waals surface area (Å²) in [5.41, 5.74) is 7.74. The molecule has 0 aliphatic heterocycles. The molecule has 3 aromatic rings. The molecule has 1 aromatic carbocycles. The van der Waals surface area contributed by atoms with Gasteiger partial charge >= 0.3 is 0 Å². The van der Waals surface area contributed by atoms with Gasteiger partial charge in [0.15, 0.2) is 0 Å². The molecule has 0 aliphatic carbocycles. The highest BCUT2D eigenvalue weighted by atomic mass is 35.5. The molecule has 0 bridgehead atoms. The van der Waals surface area contributed by atoms with Crippen molar-refractivity contribution in [3.63, 3.8) is 0 Å². The molecule has 3 N–H and O–H groups in total. The maximum Gasteiger partial charge on any atom is 0.251 e. The van der Waals surface area contributed by atoms with Crippen molar-refractivity contribution in [2.24, 2.45) is 0 Å². The maximum absolute atomic E-state index is 12.1. The van der Waals surface area contributed by atoms with Crippen LogP contribution in [0, 0.1) is 6.92 Å². The third kappa shape index (κ3) is 4.30.